The SMILES string of the molecule is C=CC(=O)C([O-])(CCCCCCCCC)[n+]1ccccc1Cl. The van der Waals surface area contributed by atoms with Gasteiger partial charge in [-0.2, -0.15) is 4.57 Å². The maximum atomic E-state index is 13.0. The molecule has 1 atom stereocenters. The Kier molecular flexibility index (Phi) is 8.36. The molecule has 1 aromatic rings. The van der Waals surface area contributed by atoms with Crippen LogP contribution in [0.25, 0.3) is 0 Å². The van der Waals surface area contributed by atoms with E-state index < -0.39 is 11.5 Å². The number of ketones is 1. The summed E-state index contributed by atoms with van der Waals surface area (Å²) < 4.78 is 1.32. The van der Waals surface area contributed by atoms with Gasteiger partial charge in [-0.3, -0.25) is 4.79 Å². The van der Waals surface area contributed by atoms with E-state index in [0.29, 0.717) is 6.42 Å². The molecule has 122 valence electrons. The largest absolute Gasteiger partial charge is 0.789 e. The lowest BCUT2D eigenvalue weighted by Crippen LogP contribution is -2.69. The third-order valence-electron chi connectivity index (χ3n) is 3.89. The number of carbonyl (C=O) groups is 1. The van der Waals surface area contributed by atoms with Gasteiger partial charge in [0.1, 0.15) is 0 Å². The van der Waals surface area contributed by atoms with Gasteiger partial charge in [0.15, 0.2) is 11.9 Å². The van der Waals surface area contributed by atoms with Crippen LogP contribution in [0.15, 0.2) is 37.1 Å². The van der Waals surface area contributed by atoms with E-state index in [1.807, 2.05) is 0 Å². The van der Waals surface area contributed by atoms with Gasteiger partial charge in [-0.05, 0) is 30.2 Å². The van der Waals surface area contributed by atoms with Crippen molar-refractivity contribution < 1.29 is 14.5 Å². The molecule has 0 N–H and O–H groups in total. The van der Waals surface area contributed by atoms with Gasteiger partial charge in [0.2, 0.25) is 5.78 Å². The van der Waals surface area contributed by atoms with Crippen molar-refractivity contribution in [3.63, 3.8) is 0 Å². The number of rotatable bonds is 11. The summed E-state index contributed by atoms with van der Waals surface area (Å²) in [6.07, 6.45) is 10.6. The predicted molar refractivity (Wildman–Crippen MR) is 87.4 cm³/mol. The molecule has 0 bridgehead atoms. The maximum absolute atomic E-state index is 13.0. The fourth-order valence-corrected chi connectivity index (χ4v) is 2.82. The Bertz CT molecular complexity index is 490. The van der Waals surface area contributed by atoms with Crippen LogP contribution >= 0.6 is 11.6 Å². The van der Waals surface area contributed by atoms with Gasteiger partial charge in [-0.25, -0.2) is 0 Å². The Morgan fingerprint density at radius 2 is 1.91 bits per heavy atom. The predicted octanol–water partition coefficient (Wildman–Crippen LogP) is 3.54. The Balaban J connectivity index is 2.64. The Hall–Kier alpha value is -1.19. The molecule has 0 aliphatic heterocycles. The summed E-state index contributed by atoms with van der Waals surface area (Å²) in [5.41, 5.74) is -1.89. The Labute approximate surface area is 138 Å². The van der Waals surface area contributed by atoms with Gasteiger partial charge < -0.3 is 5.11 Å². The summed E-state index contributed by atoms with van der Waals surface area (Å²) in [6, 6.07) is 5.07. The van der Waals surface area contributed by atoms with E-state index >= 15 is 0 Å². The Morgan fingerprint density at radius 3 is 2.50 bits per heavy atom. The minimum atomic E-state index is -1.89. The first-order valence-electron chi connectivity index (χ1n) is 8.10. The number of carbonyl (C=O) groups excluding carboxylic acids is 1. The van der Waals surface area contributed by atoms with E-state index in [9.17, 15) is 9.90 Å². The van der Waals surface area contributed by atoms with Crippen LogP contribution in [0.1, 0.15) is 58.3 Å². The zero-order chi connectivity index (χ0) is 16.4. The lowest BCUT2D eigenvalue weighted by molar-refractivity contribution is -0.880. The van der Waals surface area contributed by atoms with Crippen molar-refractivity contribution in [3.8, 4) is 0 Å². The minimum absolute atomic E-state index is 0.236. The standard InChI is InChI=1S/C18H26ClNO2/c1-3-5-6-7-8-9-11-14-18(22,16(21)4-2)20-15-12-10-13-17(20)19/h4,10,12-13,15H,2-3,5-9,11,14H2,1H3. The van der Waals surface area contributed by atoms with E-state index in [1.54, 1.807) is 24.4 Å². The molecule has 1 unspecified atom stereocenters. The van der Waals surface area contributed by atoms with Gasteiger partial charge >= 0.3 is 0 Å². The molecule has 4 heteroatoms. The normalized spacial score (nSPS) is 13.6. The van der Waals surface area contributed by atoms with Gasteiger partial charge in [-0.1, -0.05) is 52.0 Å². The summed E-state index contributed by atoms with van der Waals surface area (Å²) in [4.78, 5) is 12.1. The van der Waals surface area contributed by atoms with Crippen LogP contribution in [0.5, 0.6) is 0 Å². The van der Waals surface area contributed by atoms with Crippen LogP contribution in [0, 0.1) is 0 Å². The molecule has 0 saturated heterocycles. The van der Waals surface area contributed by atoms with Crippen LogP contribution in [0.2, 0.25) is 5.15 Å². The van der Waals surface area contributed by atoms with Crippen LogP contribution < -0.4 is 9.67 Å². The zero-order valence-corrected chi connectivity index (χ0v) is 14.1. The molecule has 0 saturated carbocycles. The highest BCUT2D eigenvalue weighted by molar-refractivity contribution is 6.28. The van der Waals surface area contributed by atoms with Crippen molar-refractivity contribution in [1.82, 2.24) is 0 Å². The lowest BCUT2D eigenvalue weighted by Gasteiger charge is -2.32. The third kappa shape index (κ3) is 5.22. The maximum Gasteiger partial charge on any atom is 0.274 e. The fraction of sp³-hybridized carbons (Fsp3) is 0.556. The van der Waals surface area contributed by atoms with Crippen molar-refractivity contribution in [3.05, 3.63) is 42.2 Å². The molecule has 0 amide bonds. The van der Waals surface area contributed by atoms with Crippen LogP contribution in [-0.4, -0.2) is 5.78 Å². The first kappa shape index (κ1) is 18.9. The van der Waals surface area contributed by atoms with E-state index in [1.165, 1.54) is 30.3 Å². The van der Waals surface area contributed by atoms with Gasteiger partial charge in [0.05, 0.1) is 0 Å². The second-order valence-corrected chi connectivity index (χ2v) is 6.00. The van der Waals surface area contributed by atoms with Gasteiger partial charge in [-0.15, -0.1) is 0 Å². The summed E-state index contributed by atoms with van der Waals surface area (Å²) >= 11 is 6.08. The average molecular weight is 324 g/mol. The van der Waals surface area contributed by atoms with E-state index in [-0.39, 0.29) is 11.6 Å². The highest BCUT2D eigenvalue weighted by Crippen LogP contribution is 2.18. The number of hydrogen-bond acceptors (Lipinski definition) is 2. The van der Waals surface area contributed by atoms with Crippen molar-refractivity contribution in [2.45, 2.75) is 64.0 Å². The van der Waals surface area contributed by atoms with Gasteiger partial charge in [0, 0.05) is 18.6 Å². The number of pyridine rings is 1. The minimum Gasteiger partial charge on any atom is -0.789 e. The van der Waals surface area contributed by atoms with Crippen molar-refractivity contribution >= 4 is 17.4 Å². The molecular formula is C18H26ClNO2. The van der Waals surface area contributed by atoms with Crippen molar-refractivity contribution in [1.29, 1.82) is 0 Å². The summed E-state index contributed by atoms with van der Waals surface area (Å²) in [5.74, 6) is -0.531. The molecule has 0 radical (unpaired) electrons. The van der Waals surface area contributed by atoms with Gasteiger partial charge in [0.25, 0.3) is 5.15 Å². The third-order valence-corrected chi connectivity index (χ3v) is 4.20. The topological polar surface area (TPSA) is 44.0 Å². The monoisotopic (exact) mass is 323 g/mol. The number of hydrogen-bond donors (Lipinski definition) is 0. The molecular weight excluding hydrogens is 298 g/mol. The first-order chi connectivity index (χ1) is 10.6. The first-order valence-corrected chi connectivity index (χ1v) is 8.48. The zero-order valence-electron chi connectivity index (χ0n) is 13.4. The average Bonchev–Trinajstić information content (AvgIpc) is 2.53. The van der Waals surface area contributed by atoms with E-state index in [0.717, 1.165) is 18.9 Å². The second kappa shape index (κ2) is 9.75. The Morgan fingerprint density at radius 1 is 1.27 bits per heavy atom. The number of aromatic nitrogens is 1. The summed E-state index contributed by atoms with van der Waals surface area (Å²) in [6.45, 7) is 5.64. The van der Waals surface area contributed by atoms with Crippen molar-refractivity contribution in [2.75, 3.05) is 0 Å². The fourth-order valence-electron chi connectivity index (χ4n) is 2.56. The lowest BCUT2D eigenvalue weighted by atomic mass is 9.98. The highest BCUT2D eigenvalue weighted by atomic mass is 35.5. The number of unbranched alkanes of at least 4 members (excludes halogenated alkanes) is 6. The molecule has 1 aromatic heterocycles. The molecule has 0 spiro atoms. The molecule has 0 fully saturated rings. The smallest absolute Gasteiger partial charge is 0.274 e. The van der Waals surface area contributed by atoms with Crippen LogP contribution in [0.4, 0.5) is 0 Å². The number of nitrogens with zero attached hydrogens (tertiary/aromatic N) is 1. The second-order valence-electron chi connectivity index (χ2n) is 5.62. The van der Waals surface area contributed by atoms with E-state index in [4.69, 9.17) is 11.6 Å². The summed E-state index contributed by atoms with van der Waals surface area (Å²) in [7, 11) is 0. The number of halogens is 1. The van der Waals surface area contributed by atoms with E-state index in [2.05, 4.69) is 13.5 Å². The van der Waals surface area contributed by atoms with Crippen molar-refractivity contribution in [2.24, 2.45) is 0 Å². The molecule has 0 aromatic carbocycles. The summed E-state index contributed by atoms with van der Waals surface area (Å²) in [5, 5.41) is 13.3. The molecule has 1 rings (SSSR count). The van der Waals surface area contributed by atoms with Crippen LogP contribution in [0.3, 0.4) is 0 Å². The molecule has 0 aliphatic carbocycles. The molecule has 0 aliphatic rings. The van der Waals surface area contributed by atoms with Crippen LogP contribution in [-0.2, 0) is 10.5 Å². The molecule has 1 heterocycles. The molecule has 22 heavy (non-hydrogen) atoms. The highest BCUT2D eigenvalue weighted by Gasteiger charge is 2.35. The quantitative estimate of drug-likeness (QED) is 0.270. The molecule has 3 nitrogen and oxygen atoms in total.